The van der Waals surface area contributed by atoms with Crippen LogP contribution in [0.2, 0.25) is 0 Å². The number of fused-ring (bicyclic) bond motifs is 1. The van der Waals surface area contributed by atoms with Crippen LogP contribution >= 0.6 is 0 Å². The minimum Gasteiger partial charge on any atom is -0.397 e. The first kappa shape index (κ1) is 14.2. The van der Waals surface area contributed by atoms with Crippen molar-refractivity contribution in [3.63, 3.8) is 0 Å². The van der Waals surface area contributed by atoms with E-state index < -0.39 is 0 Å². The first-order chi connectivity index (χ1) is 10.3. The lowest BCUT2D eigenvalue weighted by Crippen LogP contribution is -2.42. The summed E-state index contributed by atoms with van der Waals surface area (Å²) in [6.45, 7) is 3.25. The van der Waals surface area contributed by atoms with Crippen molar-refractivity contribution in [2.24, 2.45) is 0 Å². The van der Waals surface area contributed by atoms with Crippen molar-refractivity contribution in [1.82, 2.24) is 4.90 Å². The Bertz CT molecular complexity index is 507. The molecule has 0 aliphatic carbocycles. The van der Waals surface area contributed by atoms with Gasteiger partial charge in [-0.1, -0.05) is 25.0 Å². The van der Waals surface area contributed by atoms with E-state index >= 15 is 0 Å². The van der Waals surface area contributed by atoms with E-state index in [2.05, 4.69) is 11.0 Å². The number of nitrogens with two attached hydrogens (primary N) is 1. The van der Waals surface area contributed by atoms with Gasteiger partial charge in [-0.15, -0.1) is 0 Å². The Hall–Kier alpha value is -1.71. The third kappa shape index (κ3) is 3.14. The molecule has 1 aromatic rings. The lowest BCUT2D eigenvalue weighted by molar-refractivity contribution is -0.129. The number of amides is 1. The summed E-state index contributed by atoms with van der Waals surface area (Å²) in [5.41, 5.74) is 9.32. The molecule has 0 aromatic heterocycles. The molecule has 2 aliphatic heterocycles. The van der Waals surface area contributed by atoms with Crippen LogP contribution in [-0.2, 0) is 11.2 Å². The molecule has 3 rings (SSSR count). The second-order valence-corrected chi connectivity index (χ2v) is 6.18. The lowest BCUT2D eigenvalue weighted by Gasteiger charge is -2.33. The van der Waals surface area contributed by atoms with Crippen LogP contribution in [0.25, 0.3) is 0 Å². The number of likely N-dealkylation sites (tertiary alicyclic amines) is 1. The Kier molecular flexibility index (Phi) is 4.32. The molecule has 1 fully saturated rings. The summed E-state index contributed by atoms with van der Waals surface area (Å²) in [5, 5.41) is 0. The van der Waals surface area contributed by atoms with Crippen molar-refractivity contribution < 1.29 is 4.79 Å². The van der Waals surface area contributed by atoms with Crippen molar-refractivity contribution in [3.05, 3.63) is 23.8 Å². The number of para-hydroxylation sites is 1. The largest absolute Gasteiger partial charge is 0.397 e. The summed E-state index contributed by atoms with van der Waals surface area (Å²) in [4.78, 5) is 16.8. The van der Waals surface area contributed by atoms with Crippen LogP contribution in [0.5, 0.6) is 0 Å². The van der Waals surface area contributed by atoms with Gasteiger partial charge in [0, 0.05) is 19.6 Å². The van der Waals surface area contributed by atoms with E-state index in [0.717, 1.165) is 56.7 Å². The van der Waals surface area contributed by atoms with Gasteiger partial charge in [0.2, 0.25) is 5.91 Å². The molecule has 1 saturated heterocycles. The van der Waals surface area contributed by atoms with Gasteiger partial charge in [-0.05, 0) is 37.3 Å². The molecule has 0 unspecified atom stereocenters. The Labute approximate surface area is 126 Å². The molecule has 21 heavy (non-hydrogen) atoms. The molecule has 1 aromatic carbocycles. The van der Waals surface area contributed by atoms with Crippen LogP contribution in [-0.4, -0.2) is 37.0 Å². The number of nitrogen functional groups attached to an aromatic ring is 1. The van der Waals surface area contributed by atoms with Gasteiger partial charge >= 0.3 is 0 Å². The minimum atomic E-state index is 0.257. The molecule has 114 valence electrons. The molecule has 0 bridgehead atoms. The van der Waals surface area contributed by atoms with Crippen LogP contribution in [0.1, 0.15) is 37.7 Å². The van der Waals surface area contributed by atoms with E-state index in [4.69, 9.17) is 5.73 Å². The van der Waals surface area contributed by atoms with E-state index in [-0.39, 0.29) is 5.91 Å². The fourth-order valence-corrected chi connectivity index (χ4v) is 3.51. The number of aryl methyl sites for hydroxylation is 1. The molecule has 0 atom stereocenters. The van der Waals surface area contributed by atoms with Gasteiger partial charge in [-0.3, -0.25) is 4.79 Å². The predicted molar refractivity (Wildman–Crippen MR) is 86.4 cm³/mol. The molecule has 2 N–H and O–H groups in total. The number of benzene rings is 1. The van der Waals surface area contributed by atoms with Crippen molar-refractivity contribution in [2.45, 2.75) is 38.5 Å². The van der Waals surface area contributed by atoms with Gasteiger partial charge in [0.1, 0.15) is 0 Å². The Balaban J connectivity index is 1.72. The molecule has 4 nitrogen and oxygen atoms in total. The van der Waals surface area contributed by atoms with Gasteiger partial charge in [0.05, 0.1) is 17.9 Å². The zero-order valence-corrected chi connectivity index (χ0v) is 12.7. The standard InChI is InChI=1S/C17H25N3O/c18-15-9-5-7-14-8-6-12-20(17(14)15)13-16(21)19-10-3-1-2-4-11-19/h5,7,9H,1-4,6,8,10-13,18H2. The summed E-state index contributed by atoms with van der Waals surface area (Å²) in [7, 11) is 0. The fourth-order valence-electron chi connectivity index (χ4n) is 3.51. The average Bonchev–Trinajstić information content (AvgIpc) is 2.76. The van der Waals surface area contributed by atoms with Crippen LogP contribution in [0.3, 0.4) is 0 Å². The highest BCUT2D eigenvalue weighted by atomic mass is 16.2. The first-order valence-electron chi connectivity index (χ1n) is 8.16. The molecule has 4 heteroatoms. The molecule has 2 heterocycles. The molecule has 1 amide bonds. The number of carbonyl (C=O) groups excluding carboxylic acids is 1. The maximum Gasteiger partial charge on any atom is 0.242 e. The predicted octanol–water partition coefficient (Wildman–Crippen LogP) is 2.42. The number of rotatable bonds is 2. The molecule has 2 aliphatic rings. The Morgan fingerprint density at radius 2 is 1.81 bits per heavy atom. The van der Waals surface area contributed by atoms with Gasteiger partial charge in [0.15, 0.2) is 0 Å². The third-order valence-electron chi connectivity index (χ3n) is 4.63. The fraction of sp³-hybridized carbons (Fsp3) is 0.588. The van der Waals surface area contributed by atoms with Crippen LogP contribution < -0.4 is 10.6 Å². The topological polar surface area (TPSA) is 49.6 Å². The zero-order chi connectivity index (χ0) is 14.7. The average molecular weight is 287 g/mol. The molecular weight excluding hydrogens is 262 g/mol. The van der Waals surface area contributed by atoms with E-state index in [0.29, 0.717) is 6.54 Å². The van der Waals surface area contributed by atoms with E-state index in [9.17, 15) is 4.79 Å². The molecule has 0 spiro atoms. The highest BCUT2D eigenvalue weighted by Crippen LogP contribution is 2.32. The van der Waals surface area contributed by atoms with Crippen molar-refractivity contribution in [2.75, 3.05) is 36.8 Å². The summed E-state index contributed by atoms with van der Waals surface area (Å²) in [6.07, 6.45) is 6.96. The van der Waals surface area contributed by atoms with Crippen molar-refractivity contribution in [1.29, 1.82) is 0 Å². The second kappa shape index (κ2) is 6.37. The number of nitrogens with zero attached hydrogens (tertiary/aromatic N) is 2. The van der Waals surface area contributed by atoms with E-state index in [1.54, 1.807) is 0 Å². The molecule has 0 saturated carbocycles. The highest BCUT2D eigenvalue weighted by molar-refractivity contribution is 5.84. The van der Waals surface area contributed by atoms with Crippen LogP contribution in [0.4, 0.5) is 11.4 Å². The minimum absolute atomic E-state index is 0.257. The summed E-state index contributed by atoms with van der Waals surface area (Å²) >= 11 is 0. The number of hydrogen-bond acceptors (Lipinski definition) is 3. The Morgan fingerprint density at radius 3 is 2.57 bits per heavy atom. The van der Waals surface area contributed by atoms with Gasteiger partial charge in [0.25, 0.3) is 0 Å². The number of carbonyl (C=O) groups is 1. The maximum atomic E-state index is 12.6. The van der Waals surface area contributed by atoms with Gasteiger partial charge < -0.3 is 15.5 Å². The first-order valence-corrected chi connectivity index (χ1v) is 8.16. The van der Waals surface area contributed by atoms with E-state index in [1.165, 1.54) is 18.4 Å². The van der Waals surface area contributed by atoms with Gasteiger partial charge in [-0.25, -0.2) is 0 Å². The summed E-state index contributed by atoms with van der Waals surface area (Å²) < 4.78 is 0. The van der Waals surface area contributed by atoms with Crippen LogP contribution in [0.15, 0.2) is 18.2 Å². The lowest BCUT2D eigenvalue weighted by atomic mass is 10.0. The van der Waals surface area contributed by atoms with Crippen molar-refractivity contribution in [3.8, 4) is 0 Å². The van der Waals surface area contributed by atoms with Crippen molar-refractivity contribution >= 4 is 17.3 Å². The SMILES string of the molecule is Nc1cccc2c1N(CC(=O)N1CCCCCC1)CCC2. The molecular formula is C17H25N3O. The smallest absolute Gasteiger partial charge is 0.242 e. The second-order valence-electron chi connectivity index (χ2n) is 6.18. The highest BCUT2D eigenvalue weighted by Gasteiger charge is 2.23. The van der Waals surface area contributed by atoms with E-state index in [1.807, 2.05) is 17.0 Å². The zero-order valence-electron chi connectivity index (χ0n) is 12.7. The van der Waals surface area contributed by atoms with Crippen LogP contribution in [0, 0.1) is 0 Å². The summed E-state index contributed by atoms with van der Waals surface area (Å²) in [6, 6.07) is 6.08. The quantitative estimate of drug-likeness (QED) is 0.850. The molecule has 0 radical (unpaired) electrons. The Morgan fingerprint density at radius 1 is 1.05 bits per heavy atom. The number of hydrogen-bond donors (Lipinski definition) is 1. The third-order valence-corrected chi connectivity index (χ3v) is 4.63. The normalized spacial score (nSPS) is 19.0. The number of anilines is 2. The summed E-state index contributed by atoms with van der Waals surface area (Å²) in [5.74, 6) is 0.257. The van der Waals surface area contributed by atoms with Gasteiger partial charge in [-0.2, -0.15) is 0 Å². The monoisotopic (exact) mass is 287 g/mol. The maximum absolute atomic E-state index is 12.6.